The molecule has 4 aliphatic carbocycles. The van der Waals surface area contributed by atoms with Crippen LogP contribution in [0.25, 0.3) is 0 Å². The minimum absolute atomic E-state index is 0.0855. The minimum Gasteiger partial charge on any atom is -0.395 e. The van der Waals surface area contributed by atoms with Crippen LogP contribution < -0.4 is 0 Å². The van der Waals surface area contributed by atoms with Crippen LogP contribution in [0.15, 0.2) is 11.6 Å². The molecule has 0 aliphatic heterocycles. The number of aliphatic hydroxyl groups excluding tert-OH is 2. The van der Waals surface area contributed by atoms with Crippen molar-refractivity contribution in [3.8, 4) is 0 Å². The second kappa shape index (κ2) is 5.67. The van der Waals surface area contributed by atoms with E-state index in [0.717, 1.165) is 44.9 Å². The van der Waals surface area contributed by atoms with Crippen LogP contribution in [0.1, 0.15) is 65.2 Å². The predicted molar refractivity (Wildman–Crippen MR) is 93.3 cm³/mol. The number of hydrogen-bond donors (Lipinski definition) is 2. The van der Waals surface area contributed by atoms with Crippen molar-refractivity contribution in [2.45, 2.75) is 71.3 Å². The third kappa shape index (κ3) is 2.13. The van der Waals surface area contributed by atoms with Gasteiger partial charge in [0.1, 0.15) is 5.78 Å². The molecule has 0 aromatic carbocycles. The number of hydrogen-bond acceptors (Lipinski definition) is 3. The van der Waals surface area contributed by atoms with Gasteiger partial charge in [-0.2, -0.15) is 0 Å². The Hall–Kier alpha value is -0.670. The molecule has 0 radical (unpaired) electrons. The lowest BCUT2D eigenvalue weighted by molar-refractivity contribution is -0.128. The van der Waals surface area contributed by atoms with Crippen LogP contribution in [-0.4, -0.2) is 28.7 Å². The Morgan fingerprint density at radius 2 is 2.00 bits per heavy atom. The average molecular weight is 332 g/mol. The van der Waals surface area contributed by atoms with E-state index >= 15 is 0 Å². The average Bonchev–Trinajstić information content (AvgIpc) is 2.91. The second-order valence-corrected chi connectivity index (χ2v) is 9.34. The molecule has 3 fully saturated rings. The van der Waals surface area contributed by atoms with Gasteiger partial charge in [-0.3, -0.25) is 4.79 Å². The number of carbonyl (C=O) groups is 1. The molecule has 3 heteroatoms. The van der Waals surface area contributed by atoms with Crippen LogP contribution in [0, 0.1) is 34.5 Å². The molecule has 0 amide bonds. The first-order valence-corrected chi connectivity index (χ1v) is 9.91. The van der Waals surface area contributed by atoms with Gasteiger partial charge in [0.05, 0.1) is 12.7 Å². The van der Waals surface area contributed by atoms with Gasteiger partial charge in [-0.05, 0) is 81.5 Å². The van der Waals surface area contributed by atoms with Crippen molar-refractivity contribution in [2.75, 3.05) is 6.61 Å². The van der Waals surface area contributed by atoms with Crippen molar-refractivity contribution >= 4 is 5.78 Å². The number of ketones is 1. The van der Waals surface area contributed by atoms with Crippen LogP contribution in [0.2, 0.25) is 0 Å². The summed E-state index contributed by atoms with van der Waals surface area (Å²) in [6, 6.07) is 0. The van der Waals surface area contributed by atoms with Crippen molar-refractivity contribution in [2.24, 2.45) is 34.5 Å². The van der Waals surface area contributed by atoms with Gasteiger partial charge in [-0.25, -0.2) is 0 Å². The van der Waals surface area contributed by atoms with Gasteiger partial charge in [0.15, 0.2) is 0 Å². The summed E-state index contributed by atoms with van der Waals surface area (Å²) in [6.45, 7) is 4.37. The van der Waals surface area contributed by atoms with Crippen LogP contribution >= 0.6 is 0 Å². The second-order valence-electron chi connectivity index (χ2n) is 9.34. The fourth-order valence-electron chi connectivity index (χ4n) is 7.40. The van der Waals surface area contributed by atoms with E-state index in [0.29, 0.717) is 23.5 Å². The third-order valence-corrected chi connectivity index (χ3v) is 8.57. The van der Waals surface area contributed by atoms with Gasteiger partial charge >= 0.3 is 0 Å². The Kier molecular flexibility index (Phi) is 3.96. The first-order chi connectivity index (χ1) is 11.4. The Morgan fingerprint density at radius 1 is 1.21 bits per heavy atom. The Balaban J connectivity index is 1.68. The smallest absolute Gasteiger partial charge is 0.133 e. The van der Waals surface area contributed by atoms with Gasteiger partial charge in [-0.15, -0.1) is 0 Å². The van der Waals surface area contributed by atoms with E-state index in [1.807, 2.05) is 0 Å². The highest BCUT2D eigenvalue weighted by Crippen LogP contribution is 2.66. The lowest BCUT2D eigenvalue weighted by Crippen LogP contribution is -2.53. The van der Waals surface area contributed by atoms with E-state index in [-0.39, 0.29) is 29.5 Å². The third-order valence-electron chi connectivity index (χ3n) is 8.57. The van der Waals surface area contributed by atoms with E-state index in [1.54, 1.807) is 6.92 Å². The number of Topliss-reactive ketones (excluding diaryl/α,β-unsaturated/α-hetero) is 1. The Labute approximate surface area is 145 Å². The molecule has 24 heavy (non-hydrogen) atoms. The highest BCUT2D eigenvalue weighted by Gasteiger charge is 2.60. The summed E-state index contributed by atoms with van der Waals surface area (Å²) in [7, 11) is 0. The molecule has 0 bridgehead atoms. The lowest BCUT2D eigenvalue weighted by Gasteiger charge is -2.58. The molecule has 7 atom stereocenters. The molecule has 4 rings (SSSR count). The number of fused-ring (bicyclic) bond motifs is 5. The van der Waals surface area contributed by atoms with Gasteiger partial charge in [0.25, 0.3) is 0 Å². The highest BCUT2D eigenvalue weighted by atomic mass is 16.3. The maximum absolute atomic E-state index is 12.2. The fraction of sp³-hybridized carbons (Fsp3) is 0.857. The zero-order chi connectivity index (χ0) is 17.1. The SMILES string of the molecule is CC(=O)[C@H]1CC[C@H]2[C@@H]3CC=C4C[C@@H](O)CC[C@]4(CO)[C@H]3CC[C@]12C. The van der Waals surface area contributed by atoms with E-state index in [9.17, 15) is 15.0 Å². The maximum atomic E-state index is 12.2. The summed E-state index contributed by atoms with van der Waals surface area (Å²) >= 11 is 0. The predicted octanol–water partition coefficient (Wildman–Crippen LogP) is 3.49. The maximum Gasteiger partial charge on any atom is 0.133 e. The van der Waals surface area contributed by atoms with Crippen molar-refractivity contribution in [3.63, 3.8) is 0 Å². The molecule has 4 aliphatic rings. The van der Waals surface area contributed by atoms with Crippen molar-refractivity contribution in [1.29, 1.82) is 0 Å². The molecule has 3 saturated carbocycles. The zero-order valence-electron chi connectivity index (χ0n) is 15.1. The van der Waals surface area contributed by atoms with Crippen LogP contribution in [-0.2, 0) is 4.79 Å². The molecule has 0 heterocycles. The number of aliphatic hydroxyl groups is 2. The van der Waals surface area contributed by atoms with Crippen molar-refractivity contribution in [1.82, 2.24) is 0 Å². The molecule has 134 valence electrons. The summed E-state index contributed by atoms with van der Waals surface area (Å²) < 4.78 is 0. The molecule has 2 N–H and O–H groups in total. The molecule has 0 spiro atoms. The van der Waals surface area contributed by atoms with Crippen molar-refractivity contribution in [3.05, 3.63) is 11.6 Å². The largest absolute Gasteiger partial charge is 0.395 e. The number of carbonyl (C=O) groups excluding carboxylic acids is 1. The lowest BCUT2D eigenvalue weighted by atomic mass is 9.47. The highest BCUT2D eigenvalue weighted by molar-refractivity contribution is 5.79. The summed E-state index contributed by atoms with van der Waals surface area (Å²) in [5.41, 5.74) is 1.41. The Morgan fingerprint density at radius 3 is 2.71 bits per heavy atom. The molecule has 0 unspecified atom stereocenters. The first-order valence-electron chi connectivity index (χ1n) is 9.91. The molecule has 0 saturated heterocycles. The standard InChI is InChI=1S/C21H32O3/c1-13(23)17-5-6-18-16-4-3-14-11-15(24)7-10-21(14,12-22)19(16)8-9-20(17,18)2/h3,15-19,22,24H,4-12H2,1-2H3/t15-,16-,17+,18-,19-,20+,21+/m0/s1. The monoisotopic (exact) mass is 332 g/mol. The molecule has 0 aromatic heterocycles. The van der Waals surface area contributed by atoms with Crippen LogP contribution in [0.3, 0.4) is 0 Å². The fourth-order valence-corrected chi connectivity index (χ4v) is 7.40. The number of rotatable bonds is 2. The zero-order valence-corrected chi connectivity index (χ0v) is 15.1. The minimum atomic E-state index is -0.227. The quantitative estimate of drug-likeness (QED) is 0.761. The van der Waals surface area contributed by atoms with Gasteiger partial charge in [0, 0.05) is 11.3 Å². The Bertz CT molecular complexity index is 567. The summed E-state index contributed by atoms with van der Waals surface area (Å²) in [5.74, 6) is 2.39. The van der Waals surface area contributed by atoms with E-state index in [2.05, 4.69) is 13.0 Å². The van der Waals surface area contributed by atoms with E-state index in [4.69, 9.17) is 0 Å². The van der Waals surface area contributed by atoms with E-state index in [1.165, 1.54) is 12.0 Å². The topological polar surface area (TPSA) is 57.5 Å². The molecule has 3 nitrogen and oxygen atoms in total. The summed E-state index contributed by atoms with van der Waals surface area (Å²) in [6.07, 6.45) is 10.2. The molecule has 0 aromatic rings. The van der Waals surface area contributed by atoms with Crippen LogP contribution in [0.5, 0.6) is 0 Å². The molecular formula is C21H32O3. The van der Waals surface area contributed by atoms with E-state index < -0.39 is 0 Å². The van der Waals surface area contributed by atoms with Crippen LogP contribution in [0.4, 0.5) is 0 Å². The van der Waals surface area contributed by atoms with Gasteiger partial charge < -0.3 is 10.2 Å². The van der Waals surface area contributed by atoms with Gasteiger partial charge in [0.2, 0.25) is 0 Å². The van der Waals surface area contributed by atoms with Crippen molar-refractivity contribution < 1.29 is 15.0 Å². The number of allylic oxidation sites excluding steroid dienone is 1. The molecular weight excluding hydrogens is 300 g/mol. The van der Waals surface area contributed by atoms with Gasteiger partial charge in [-0.1, -0.05) is 18.6 Å². The first kappa shape index (κ1) is 16.8. The normalized spacial score (nSPS) is 50.5. The summed E-state index contributed by atoms with van der Waals surface area (Å²) in [4.78, 5) is 12.2. The summed E-state index contributed by atoms with van der Waals surface area (Å²) in [5, 5.41) is 20.5.